The van der Waals surface area contributed by atoms with Crippen LogP contribution >= 0.6 is 11.6 Å². The summed E-state index contributed by atoms with van der Waals surface area (Å²) in [5.41, 5.74) is 1.24. The van der Waals surface area contributed by atoms with Crippen LogP contribution in [0.3, 0.4) is 0 Å². The minimum absolute atomic E-state index is 0.348. The molecule has 1 aliphatic rings. The Labute approximate surface area is 96.3 Å². The van der Waals surface area contributed by atoms with Crippen LogP contribution in [0, 0.1) is 0 Å². The van der Waals surface area contributed by atoms with Gasteiger partial charge in [0.25, 0.3) is 0 Å². The summed E-state index contributed by atoms with van der Waals surface area (Å²) in [5.74, 6) is 0.658. The molecule has 2 heterocycles. The van der Waals surface area contributed by atoms with Gasteiger partial charge in [0.2, 0.25) is 0 Å². The summed E-state index contributed by atoms with van der Waals surface area (Å²) in [7, 11) is 0. The standard InChI is InChI=1S/C12H17ClN2/c13-9-12(11-5-4-6-14-10-11)15-7-2-1-3-8-15/h4-6,10,12H,1-3,7-9H2. The first-order chi connectivity index (χ1) is 7.42. The molecule has 0 spiro atoms. The van der Waals surface area contributed by atoms with Crippen molar-refractivity contribution in [3.63, 3.8) is 0 Å². The number of halogens is 1. The lowest BCUT2D eigenvalue weighted by atomic mass is 10.0. The quantitative estimate of drug-likeness (QED) is 0.734. The zero-order valence-corrected chi connectivity index (χ0v) is 9.66. The fourth-order valence-electron chi connectivity index (χ4n) is 2.20. The van der Waals surface area contributed by atoms with Crippen LogP contribution in [-0.4, -0.2) is 28.9 Å². The SMILES string of the molecule is ClCC(c1cccnc1)N1CCCCC1. The van der Waals surface area contributed by atoms with Crippen LogP contribution in [0.15, 0.2) is 24.5 Å². The van der Waals surface area contributed by atoms with E-state index in [9.17, 15) is 0 Å². The van der Waals surface area contributed by atoms with Gasteiger partial charge in [-0.25, -0.2) is 0 Å². The molecule has 2 rings (SSSR count). The van der Waals surface area contributed by atoms with Gasteiger partial charge in [-0.15, -0.1) is 11.6 Å². The van der Waals surface area contributed by atoms with Crippen molar-refractivity contribution in [2.45, 2.75) is 25.3 Å². The number of aromatic nitrogens is 1. The molecule has 0 bridgehead atoms. The molecule has 0 amide bonds. The highest BCUT2D eigenvalue weighted by Crippen LogP contribution is 2.24. The second-order valence-electron chi connectivity index (χ2n) is 4.05. The molecule has 0 radical (unpaired) electrons. The Hall–Kier alpha value is -0.600. The van der Waals surface area contributed by atoms with E-state index in [0.29, 0.717) is 11.9 Å². The van der Waals surface area contributed by atoms with Crippen LogP contribution in [0.5, 0.6) is 0 Å². The fraction of sp³-hybridized carbons (Fsp3) is 0.583. The first-order valence-corrected chi connectivity index (χ1v) is 6.15. The second kappa shape index (κ2) is 5.47. The van der Waals surface area contributed by atoms with E-state index in [2.05, 4.69) is 16.0 Å². The van der Waals surface area contributed by atoms with Gasteiger partial charge < -0.3 is 0 Å². The van der Waals surface area contributed by atoms with Crippen LogP contribution in [0.2, 0.25) is 0 Å². The van der Waals surface area contributed by atoms with Crippen molar-refractivity contribution in [2.75, 3.05) is 19.0 Å². The molecule has 1 atom stereocenters. The van der Waals surface area contributed by atoms with Crippen molar-refractivity contribution < 1.29 is 0 Å². The molecule has 0 N–H and O–H groups in total. The van der Waals surface area contributed by atoms with Crippen molar-refractivity contribution in [1.29, 1.82) is 0 Å². The van der Waals surface area contributed by atoms with E-state index in [1.54, 1.807) is 0 Å². The molecular weight excluding hydrogens is 208 g/mol. The Morgan fingerprint density at radius 2 is 2.13 bits per heavy atom. The summed E-state index contributed by atoms with van der Waals surface area (Å²) in [5, 5.41) is 0. The predicted molar refractivity (Wildman–Crippen MR) is 63.1 cm³/mol. The molecule has 1 fully saturated rings. The largest absolute Gasteiger partial charge is 0.295 e. The average molecular weight is 225 g/mol. The van der Waals surface area contributed by atoms with Crippen LogP contribution in [0.25, 0.3) is 0 Å². The van der Waals surface area contributed by atoms with Gasteiger partial charge in [0.1, 0.15) is 0 Å². The Kier molecular flexibility index (Phi) is 3.98. The Bertz CT molecular complexity index is 283. The topological polar surface area (TPSA) is 16.1 Å². The Morgan fingerprint density at radius 1 is 1.33 bits per heavy atom. The molecule has 1 saturated heterocycles. The summed E-state index contributed by atoms with van der Waals surface area (Å²) < 4.78 is 0. The van der Waals surface area contributed by atoms with E-state index in [-0.39, 0.29) is 0 Å². The van der Waals surface area contributed by atoms with E-state index in [4.69, 9.17) is 11.6 Å². The molecule has 1 aromatic rings. The number of hydrogen-bond donors (Lipinski definition) is 0. The molecule has 3 heteroatoms. The van der Waals surface area contributed by atoms with Gasteiger partial charge in [-0.05, 0) is 37.6 Å². The number of alkyl halides is 1. The van der Waals surface area contributed by atoms with E-state index >= 15 is 0 Å². The van der Waals surface area contributed by atoms with Crippen molar-refractivity contribution in [2.24, 2.45) is 0 Å². The number of nitrogens with zero attached hydrogens (tertiary/aromatic N) is 2. The number of likely N-dealkylation sites (tertiary alicyclic amines) is 1. The minimum Gasteiger partial charge on any atom is -0.295 e. The third-order valence-corrected chi connectivity index (χ3v) is 3.34. The van der Waals surface area contributed by atoms with Crippen LogP contribution < -0.4 is 0 Å². The van der Waals surface area contributed by atoms with Gasteiger partial charge in [-0.2, -0.15) is 0 Å². The minimum atomic E-state index is 0.348. The fourth-order valence-corrected chi connectivity index (χ4v) is 2.57. The first-order valence-electron chi connectivity index (χ1n) is 5.62. The van der Waals surface area contributed by atoms with E-state index < -0.39 is 0 Å². The number of rotatable bonds is 3. The lowest BCUT2D eigenvalue weighted by Gasteiger charge is -2.33. The third-order valence-electron chi connectivity index (χ3n) is 3.05. The highest BCUT2D eigenvalue weighted by molar-refractivity contribution is 6.18. The van der Waals surface area contributed by atoms with E-state index in [1.807, 2.05) is 18.5 Å². The summed E-state index contributed by atoms with van der Waals surface area (Å²) >= 11 is 6.07. The van der Waals surface area contributed by atoms with Gasteiger partial charge in [-0.3, -0.25) is 9.88 Å². The summed E-state index contributed by atoms with van der Waals surface area (Å²) in [6.45, 7) is 2.35. The predicted octanol–water partition coefficient (Wildman–Crippen LogP) is 2.85. The molecule has 0 saturated carbocycles. The van der Waals surface area contributed by atoms with Gasteiger partial charge in [0.15, 0.2) is 0 Å². The smallest absolute Gasteiger partial charge is 0.0498 e. The number of hydrogen-bond acceptors (Lipinski definition) is 2. The Balaban J connectivity index is 2.09. The summed E-state index contributed by atoms with van der Waals surface area (Å²) in [4.78, 5) is 6.64. The molecule has 1 aliphatic heterocycles. The van der Waals surface area contributed by atoms with Crippen molar-refractivity contribution in [3.8, 4) is 0 Å². The maximum Gasteiger partial charge on any atom is 0.0498 e. The molecule has 1 aromatic heterocycles. The summed E-state index contributed by atoms with van der Waals surface area (Å²) in [6.07, 6.45) is 7.70. The molecule has 0 aromatic carbocycles. The van der Waals surface area contributed by atoms with Gasteiger partial charge in [0.05, 0.1) is 0 Å². The van der Waals surface area contributed by atoms with Gasteiger partial charge in [-0.1, -0.05) is 12.5 Å². The van der Waals surface area contributed by atoms with Gasteiger partial charge >= 0.3 is 0 Å². The summed E-state index contributed by atoms with van der Waals surface area (Å²) in [6, 6.07) is 4.45. The maximum absolute atomic E-state index is 6.07. The van der Waals surface area contributed by atoms with Crippen molar-refractivity contribution >= 4 is 11.6 Å². The molecule has 0 aliphatic carbocycles. The second-order valence-corrected chi connectivity index (χ2v) is 4.36. The van der Waals surface area contributed by atoms with Crippen LogP contribution in [0.1, 0.15) is 30.9 Å². The van der Waals surface area contributed by atoms with E-state index in [1.165, 1.54) is 37.9 Å². The highest BCUT2D eigenvalue weighted by atomic mass is 35.5. The molecule has 2 nitrogen and oxygen atoms in total. The van der Waals surface area contributed by atoms with Crippen LogP contribution in [0.4, 0.5) is 0 Å². The van der Waals surface area contributed by atoms with Crippen molar-refractivity contribution in [1.82, 2.24) is 9.88 Å². The normalized spacial score (nSPS) is 20.1. The highest BCUT2D eigenvalue weighted by Gasteiger charge is 2.21. The number of pyridine rings is 1. The third kappa shape index (κ3) is 2.70. The number of piperidine rings is 1. The molecule has 82 valence electrons. The maximum atomic E-state index is 6.07. The van der Waals surface area contributed by atoms with Crippen molar-refractivity contribution in [3.05, 3.63) is 30.1 Å². The van der Waals surface area contributed by atoms with Crippen LogP contribution in [-0.2, 0) is 0 Å². The van der Waals surface area contributed by atoms with Gasteiger partial charge in [0, 0.05) is 24.3 Å². The monoisotopic (exact) mass is 224 g/mol. The molecule has 1 unspecified atom stereocenters. The molecule has 15 heavy (non-hydrogen) atoms. The first kappa shape index (κ1) is 10.9. The van der Waals surface area contributed by atoms with E-state index in [0.717, 1.165) is 0 Å². The lowest BCUT2D eigenvalue weighted by molar-refractivity contribution is 0.176. The Morgan fingerprint density at radius 3 is 2.73 bits per heavy atom. The average Bonchev–Trinajstić information content (AvgIpc) is 2.33. The zero-order valence-electron chi connectivity index (χ0n) is 8.90. The zero-order chi connectivity index (χ0) is 10.5. The molecular formula is C12H17ClN2. The lowest BCUT2D eigenvalue weighted by Crippen LogP contribution is -2.34.